The van der Waals surface area contributed by atoms with E-state index in [9.17, 15) is 28.4 Å². The van der Waals surface area contributed by atoms with E-state index in [1.54, 1.807) is 36.0 Å². The second-order valence-corrected chi connectivity index (χ2v) is 10.8. The van der Waals surface area contributed by atoms with Gasteiger partial charge < -0.3 is 51.1 Å². The quantitative estimate of drug-likeness (QED) is 0.0159. The van der Waals surface area contributed by atoms with Gasteiger partial charge in [0, 0.05) is 58.1 Å². The first-order valence-corrected chi connectivity index (χ1v) is 15.1. The Kier molecular flexibility index (Phi) is 19.9. The average Bonchev–Trinajstić information content (AvgIpc) is 2.97. The summed E-state index contributed by atoms with van der Waals surface area (Å²) in [6.45, 7) is 0.256. The first-order valence-electron chi connectivity index (χ1n) is 12.6. The van der Waals surface area contributed by atoms with Gasteiger partial charge in [0.2, 0.25) is 35.7 Å². The Balaban J connectivity index is 0.00000529. The number of rotatable bonds is 20. The van der Waals surface area contributed by atoms with Gasteiger partial charge in [-0.25, -0.2) is 8.42 Å². The molecule has 0 aliphatic rings. The minimum Gasteiger partial charge on any atom is -0.748 e. The number of aromatic nitrogens is 8. The Labute approximate surface area is 312 Å². The van der Waals surface area contributed by atoms with Crippen molar-refractivity contribution in [2.45, 2.75) is 0 Å². The van der Waals surface area contributed by atoms with E-state index in [4.69, 9.17) is 0 Å². The molecular weight excluding hydrogens is 674 g/mol. The van der Waals surface area contributed by atoms with Crippen LogP contribution in [0.5, 0.6) is 0 Å². The van der Waals surface area contributed by atoms with Crippen molar-refractivity contribution < 1.29 is 96.9 Å². The molecule has 0 radical (unpaired) electrons. The molecule has 26 heteroatoms. The van der Waals surface area contributed by atoms with Crippen LogP contribution in [0.25, 0.3) is 0 Å². The molecule has 0 atom stereocenters. The van der Waals surface area contributed by atoms with E-state index in [0.717, 1.165) is 12.0 Å². The molecule has 0 aromatic carbocycles. The van der Waals surface area contributed by atoms with Gasteiger partial charge in [0.1, 0.15) is 0 Å². The summed E-state index contributed by atoms with van der Waals surface area (Å²) in [5.41, 5.74) is 0. The van der Waals surface area contributed by atoms with Gasteiger partial charge in [-0.15, -0.1) is 10.2 Å². The maximum atomic E-state index is 10.9. The number of anilines is 8. The van der Waals surface area contributed by atoms with E-state index < -0.39 is 15.9 Å². The maximum Gasteiger partial charge on any atom is 1.00 e. The van der Waals surface area contributed by atoms with Gasteiger partial charge in [-0.2, -0.15) is 34.2 Å². The molecule has 0 saturated heterocycles. The van der Waals surface area contributed by atoms with Crippen molar-refractivity contribution in [3.63, 3.8) is 0 Å². The van der Waals surface area contributed by atoms with Gasteiger partial charge in [-0.05, 0) is 12.1 Å². The van der Waals surface area contributed by atoms with Crippen LogP contribution in [0.15, 0.2) is 12.1 Å². The first kappa shape index (κ1) is 42.0. The second kappa shape index (κ2) is 21.8. The molecule has 0 aliphatic heterocycles. The van der Waals surface area contributed by atoms with Gasteiger partial charge in [0.15, 0.2) is 11.6 Å². The van der Waals surface area contributed by atoms with E-state index in [1.807, 2.05) is 0 Å². The fourth-order valence-electron chi connectivity index (χ4n) is 3.08. The number of nitrogens with zero attached hydrogens (tertiary/aromatic N) is 10. The SMILES string of the molecule is CN(CCO)c1nc(NCCSOO[O-])nc(Nc2ccc(Nc3nc(NCCS(=O)(=O)[O-])nc(N(C)CCO)n3)nn2)n1.[Na+].[Na+]. The topological polar surface area (TPSA) is 297 Å². The molecule has 3 heterocycles. The predicted octanol–water partition coefficient (Wildman–Crippen LogP) is -8.56. The van der Waals surface area contributed by atoms with Gasteiger partial charge >= 0.3 is 59.1 Å². The largest absolute Gasteiger partial charge is 1.00 e. The van der Waals surface area contributed by atoms with Crippen molar-refractivity contribution >= 4 is 69.5 Å². The molecule has 0 saturated carbocycles. The van der Waals surface area contributed by atoms with Crippen LogP contribution in [0, 0.1) is 0 Å². The van der Waals surface area contributed by atoms with Crippen molar-refractivity contribution in [2.75, 3.05) is 96.1 Å². The van der Waals surface area contributed by atoms with Crippen LogP contribution in [-0.2, 0) is 19.5 Å². The standard InChI is InChI=1S/C20H32N14O8S2.2Na/c1-33(7-9-35)19-27-15(21-5-11-43-42-41-37)25-17(29-19)23-13-3-4-14(32-31-13)24-18-26-16(22-6-12-44(38,39)40)28-20(30-18)34(2)8-10-36;;/h3-4,35-37H,5-12H2,1-2H3,(H,38,39,40)(H2,21,23,25,27,29,31)(H2,22,24,26,28,30,32);;/q;2*+1/p-2. The molecular formula is C20H30N14Na2O8S2. The molecule has 0 amide bonds. The number of aliphatic hydroxyl groups is 2. The van der Waals surface area contributed by atoms with Crippen LogP contribution >= 0.6 is 12.0 Å². The molecule has 46 heavy (non-hydrogen) atoms. The van der Waals surface area contributed by atoms with Crippen LogP contribution in [-0.4, -0.2) is 128 Å². The summed E-state index contributed by atoms with van der Waals surface area (Å²) in [6.07, 6.45) is 0. The van der Waals surface area contributed by atoms with Crippen LogP contribution in [0.4, 0.5) is 47.3 Å². The Hall–Kier alpha value is -2.04. The zero-order valence-electron chi connectivity index (χ0n) is 25.4. The molecule has 0 unspecified atom stereocenters. The Morgan fingerprint density at radius 1 is 0.804 bits per heavy atom. The third kappa shape index (κ3) is 15.2. The number of aliphatic hydroxyl groups excluding tert-OH is 2. The Morgan fingerprint density at radius 2 is 1.26 bits per heavy atom. The number of likely N-dealkylation sites (N-methyl/N-ethyl adjacent to an activating group) is 2. The zero-order chi connectivity index (χ0) is 32.0. The van der Waals surface area contributed by atoms with Gasteiger partial charge in [-0.1, -0.05) is 0 Å². The van der Waals surface area contributed by atoms with Gasteiger partial charge in [-0.3, -0.25) is 5.04 Å². The van der Waals surface area contributed by atoms with E-state index in [1.165, 1.54) is 0 Å². The summed E-state index contributed by atoms with van der Waals surface area (Å²) in [4.78, 5) is 28.7. The summed E-state index contributed by atoms with van der Waals surface area (Å²) < 4.78 is 37.0. The normalized spacial score (nSPS) is 10.7. The third-order valence-corrected chi connectivity index (χ3v) is 6.35. The van der Waals surface area contributed by atoms with Crippen LogP contribution in [0.1, 0.15) is 0 Å². The maximum absolute atomic E-state index is 10.9. The van der Waals surface area contributed by atoms with E-state index in [2.05, 4.69) is 70.7 Å². The molecule has 0 fully saturated rings. The van der Waals surface area contributed by atoms with Crippen molar-refractivity contribution in [3.05, 3.63) is 12.1 Å². The van der Waals surface area contributed by atoms with Gasteiger partial charge in [0.25, 0.3) is 0 Å². The summed E-state index contributed by atoms with van der Waals surface area (Å²) in [5, 5.41) is 51.4. The Morgan fingerprint density at radius 3 is 1.67 bits per heavy atom. The van der Waals surface area contributed by atoms with Crippen molar-refractivity contribution in [3.8, 4) is 0 Å². The monoisotopic (exact) mass is 704 g/mol. The Bertz CT molecular complexity index is 1440. The molecule has 0 bridgehead atoms. The van der Waals surface area contributed by atoms with E-state index in [0.29, 0.717) is 12.3 Å². The molecule has 0 aliphatic carbocycles. The van der Waals surface area contributed by atoms with Crippen molar-refractivity contribution in [1.29, 1.82) is 0 Å². The molecule has 6 N–H and O–H groups in total. The first-order chi connectivity index (χ1) is 21.1. The zero-order valence-corrected chi connectivity index (χ0v) is 31.1. The van der Waals surface area contributed by atoms with E-state index in [-0.39, 0.29) is 139 Å². The second-order valence-electron chi connectivity index (χ2n) is 8.48. The molecule has 242 valence electrons. The average molecular weight is 705 g/mol. The number of nitrogens with one attached hydrogen (secondary N) is 4. The molecule has 22 nitrogen and oxygen atoms in total. The summed E-state index contributed by atoms with van der Waals surface area (Å²) >= 11 is 0.796. The fraction of sp³-hybridized carbons (Fsp3) is 0.500. The van der Waals surface area contributed by atoms with Gasteiger partial charge in [0.05, 0.1) is 29.1 Å². The van der Waals surface area contributed by atoms with Crippen LogP contribution in [0.3, 0.4) is 0 Å². The summed E-state index contributed by atoms with van der Waals surface area (Å²) in [6, 6.07) is 3.13. The minimum atomic E-state index is -4.45. The molecule has 0 spiro atoms. The summed E-state index contributed by atoms with van der Waals surface area (Å²) in [7, 11) is -1.13. The van der Waals surface area contributed by atoms with Crippen molar-refractivity contribution in [1.82, 2.24) is 40.1 Å². The minimum absolute atomic E-state index is 0. The van der Waals surface area contributed by atoms with Crippen LogP contribution < -0.4 is 95.4 Å². The summed E-state index contributed by atoms with van der Waals surface area (Å²) in [5.74, 6) is 0.910. The predicted molar refractivity (Wildman–Crippen MR) is 155 cm³/mol. The van der Waals surface area contributed by atoms with E-state index >= 15 is 0 Å². The third-order valence-electron chi connectivity index (χ3n) is 5.12. The molecule has 3 rings (SSSR count). The molecule has 3 aromatic rings. The van der Waals surface area contributed by atoms with Crippen molar-refractivity contribution in [2.24, 2.45) is 0 Å². The number of hydrogen-bond acceptors (Lipinski definition) is 23. The number of hydrogen-bond donors (Lipinski definition) is 6. The van der Waals surface area contributed by atoms with Crippen LogP contribution in [0.2, 0.25) is 0 Å². The smallest absolute Gasteiger partial charge is 0.748 e. The molecule has 3 aromatic heterocycles. The fourth-order valence-corrected chi connectivity index (χ4v) is 3.73.